The Morgan fingerprint density at radius 2 is 2.29 bits per heavy atom. The van der Waals surface area contributed by atoms with Gasteiger partial charge in [-0.2, -0.15) is 5.26 Å². The highest BCUT2D eigenvalue weighted by atomic mass is 16.6. The van der Waals surface area contributed by atoms with E-state index in [2.05, 4.69) is 16.1 Å². The fraction of sp³-hybridized carbons (Fsp3) is 0.733. The van der Waals surface area contributed by atoms with Crippen molar-refractivity contribution in [3.63, 3.8) is 0 Å². The second-order valence-corrected chi connectivity index (χ2v) is 5.94. The summed E-state index contributed by atoms with van der Waals surface area (Å²) in [4.78, 5) is 42.5. The van der Waals surface area contributed by atoms with E-state index in [1.54, 1.807) is 7.05 Å². The van der Waals surface area contributed by atoms with Gasteiger partial charge < -0.3 is 15.5 Å². The minimum Gasteiger partial charge on any atom is -0.356 e. The lowest BCUT2D eigenvalue weighted by molar-refractivity contribution is -0.143. The molecular weight excluding hydrogens is 314 g/mol. The number of rotatable bonds is 7. The van der Waals surface area contributed by atoms with Gasteiger partial charge in [-0.25, -0.2) is 5.48 Å². The third-order valence-electron chi connectivity index (χ3n) is 4.37. The maximum Gasteiger partial charge on any atom is 0.251 e. The summed E-state index contributed by atoms with van der Waals surface area (Å²) in [6.45, 7) is 0.947. The van der Waals surface area contributed by atoms with Crippen molar-refractivity contribution in [2.45, 2.75) is 37.8 Å². The lowest BCUT2D eigenvalue weighted by Gasteiger charge is -2.25. The van der Waals surface area contributed by atoms with Crippen molar-refractivity contribution in [3.8, 4) is 6.07 Å². The first-order chi connectivity index (χ1) is 11.6. The van der Waals surface area contributed by atoms with Gasteiger partial charge in [0.1, 0.15) is 18.7 Å². The highest BCUT2D eigenvalue weighted by molar-refractivity contribution is 5.89. The number of carbonyl (C=O) groups excluding carboxylic acids is 3. The van der Waals surface area contributed by atoms with Crippen molar-refractivity contribution in [1.29, 1.82) is 5.26 Å². The Morgan fingerprint density at radius 3 is 2.92 bits per heavy atom. The molecule has 0 saturated carbocycles. The van der Waals surface area contributed by atoms with E-state index in [1.807, 2.05) is 6.07 Å². The molecule has 9 nitrogen and oxygen atoms in total. The van der Waals surface area contributed by atoms with Crippen LogP contribution in [0.3, 0.4) is 0 Å². The number of amides is 3. The number of hydrogen-bond acceptors (Lipinski definition) is 6. The molecule has 24 heavy (non-hydrogen) atoms. The highest BCUT2D eigenvalue weighted by Crippen LogP contribution is 2.19. The van der Waals surface area contributed by atoms with Crippen LogP contribution >= 0.6 is 0 Å². The summed E-state index contributed by atoms with van der Waals surface area (Å²) in [6.07, 6.45) is 2.24. The molecule has 0 aromatic carbocycles. The second kappa shape index (κ2) is 8.61. The summed E-state index contributed by atoms with van der Waals surface area (Å²) in [6, 6.07) is 0.702. The van der Waals surface area contributed by atoms with E-state index in [1.165, 1.54) is 4.90 Å². The third kappa shape index (κ3) is 4.43. The molecule has 2 aliphatic heterocycles. The topological polar surface area (TPSA) is 124 Å². The van der Waals surface area contributed by atoms with Gasteiger partial charge in [-0.15, -0.1) is 0 Å². The Kier molecular flexibility index (Phi) is 6.52. The molecule has 3 atom stereocenters. The summed E-state index contributed by atoms with van der Waals surface area (Å²) in [5, 5.41) is 14.6. The minimum absolute atomic E-state index is 0.0774. The van der Waals surface area contributed by atoms with E-state index in [4.69, 9.17) is 4.84 Å². The van der Waals surface area contributed by atoms with Crippen molar-refractivity contribution in [2.24, 2.45) is 5.92 Å². The monoisotopic (exact) mass is 337 g/mol. The number of nitriles is 1. The lowest BCUT2D eigenvalue weighted by atomic mass is 9.99. The summed E-state index contributed by atoms with van der Waals surface area (Å²) in [7, 11) is 1.55. The molecule has 2 fully saturated rings. The van der Waals surface area contributed by atoms with Crippen LogP contribution < -0.4 is 16.1 Å². The van der Waals surface area contributed by atoms with Crippen LogP contribution in [0.4, 0.5) is 0 Å². The first-order valence-corrected chi connectivity index (χ1v) is 8.12. The van der Waals surface area contributed by atoms with Gasteiger partial charge in [0.25, 0.3) is 5.91 Å². The molecule has 132 valence electrons. The van der Waals surface area contributed by atoms with Crippen LogP contribution in [0.1, 0.15) is 25.7 Å². The number of carbonyl (C=O) groups is 3. The van der Waals surface area contributed by atoms with Crippen LogP contribution in [0.5, 0.6) is 0 Å². The van der Waals surface area contributed by atoms with E-state index in [9.17, 15) is 19.6 Å². The lowest BCUT2D eigenvalue weighted by Crippen LogP contribution is -2.50. The summed E-state index contributed by atoms with van der Waals surface area (Å²) in [5.74, 6) is -0.951. The predicted octanol–water partition coefficient (Wildman–Crippen LogP) is -1.34. The molecule has 2 heterocycles. The van der Waals surface area contributed by atoms with E-state index in [0.717, 1.165) is 6.42 Å². The molecule has 0 unspecified atom stereocenters. The van der Waals surface area contributed by atoms with Gasteiger partial charge in [-0.3, -0.25) is 19.2 Å². The van der Waals surface area contributed by atoms with Gasteiger partial charge in [0.05, 0.1) is 6.07 Å². The summed E-state index contributed by atoms with van der Waals surface area (Å²) >= 11 is 0. The number of nitrogens with zero attached hydrogens (tertiary/aromatic N) is 2. The van der Waals surface area contributed by atoms with Gasteiger partial charge in [0.2, 0.25) is 11.8 Å². The molecule has 3 amide bonds. The average molecular weight is 337 g/mol. The normalized spacial score (nSPS) is 24.3. The fourth-order valence-electron chi connectivity index (χ4n) is 3.12. The molecular formula is C15H23N5O4. The maximum absolute atomic E-state index is 12.4. The largest absolute Gasteiger partial charge is 0.356 e. The molecule has 3 N–H and O–H groups in total. The summed E-state index contributed by atoms with van der Waals surface area (Å²) < 4.78 is 0. The Labute approximate surface area is 140 Å². The Morgan fingerprint density at radius 1 is 1.50 bits per heavy atom. The van der Waals surface area contributed by atoms with Crippen molar-refractivity contribution < 1.29 is 19.2 Å². The first-order valence-electron chi connectivity index (χ1n) is 8.12. The molecule has 0 radical (unpaired) electrons. The van der Waals surface area contributed by atoms with Crippen LogP contribution in [-0.2, 0) is 19.2 Å². The van der Waals surface area contributed by atoms with E-state index < -0.39 is 12.1 Å². The van der Waals surface area contributed by atoms with Crippen LogP contribution in [0.2, 0.25) is 0 Å². The molecule has 2 aliphatic rings. The maximum atomic E-state index is 12.4. The van der Waals surface area contributed by atoms with Crippen LogP contribution in [-0.4, -0.2) is 61.4 Å². The van der Waals surface area contributed by atoms with Crippen molar-refractivity contribution >= 4 is 17.7 Å². The Bertz CT molecular complexity index is 532. The zero-order valence-electron chi connectivity index (χ0n) is 13.7. The summed E-state index contributed by atoms with van der Waals surface area (Å²) in [5.41, 5.74) is 2.42. The van der Waals surface area contributed by atoms with Crippen LogP contribution in [0.15, 0.2) is 0 Å². The molecule has 0 spiro atoms. The van der Waals surface area contributed by atoms with Crippen molar-refractivity contribution in [1.82, 2.24) is 21.0 Å². The standard InChI is InChI=1S/C15H23N5O4/c1-17-24-9-13(21)20-6-2-3-12(20)15(23)19-11(8-16)7-10-4-5-18-14(10)22/h10-12,17H,2-7,9H2,1H3,(H,18,22)(H,19,23)/t10-,11-,12-/m0/s1. The van der Waals surface area contributed by atoms with Gasteiger partial charge in [0.15, 0.2) is 0 Å². The molecule has 0 aromatic heterocycles. The zero-order valence-corrected chi connectivity index (χ0v) is 13.7. The van der Waals surface area contributed by atoms with Gasteiger partial charge in [-0.1, -0.05) is 0 Å². The van der Waals surface area contributed by atoms with Crippen molar-refractivity contribution in [3.05, 3.63) is 0 Å². The van der Waals surface area contributed by atoms with Crippen molar-refractivity contribution in [2.75, 3.05) is 26.7 Å². The predicted molar refractivity (Wildman–Crippen MR) is 83.0 cm³/mol. The fourth-order valence-corrected chi connectivity index (χ4v) is 3.12. The molecule has 2 rings (SSSR count). The quantitative estimate of drug-likeness (QED) is 0.494. The molecule has 2 saturated heterocycles. The van der Waals surface area contributed by atoms with E-state index in [-0.39, 0.29) is 36.7 Å². The van der Waals surface area contributed by atoms with E-state index >= 15 is 0 Å². The molecule has 0 aromatic rings. The number of likely N-dealkylation sites (tertiary alicyclic amines) is 1. The molecule has 9 heteroatoms. The molecule has 0 bridgehead atoms. The Hall–Kier alpha value is -2.18. The average Bonchev–Trinajstić information content (AvgIpc) is 3.21. The van der Waals surface area contributed by atoms with Crippen LogP contribution in [0, 0.1) is 17.2 Å². The third-order valence-corrected chi connectivity index (χ3v) is 4.37. The second-order valence-electron chi connectivity index (χ2n) is 5.94. The van der Waals surface area contributed by atoms with Gasteiger partial charge >= 0.3 is 0 Å². The first kappa shape index (κ1) is 18.2. The van der Waals surface area contributed by atoms with Gasteiger partial charge in [0, 0.05) is 26.1 Å². The Balaban J connectivity index is 1.90. The smallest absolute Gasteiger partial charge is 0.251 e. The van der Waals surface area contributed by atoms with Crippen LogP contribution in [0.25, 0.3) is 0 Å². The zero-order chi connectivity index (χ0) is 17.5. The SMILES string of the molecule is CNOCC(=O)N1CCC[C@H]1C(=O)N[C@H](C#N)C[C@@H]1CCNC1=O. The molecule has 0 aliphatic carbocycles. The van der Waals surface area contributed by atoms with E-state index in [0.29, 0.717) is 25.9 Å². The highest BCUT2D eigenvalue weighted by Gasteiger charge is 2.36. The number of hydrogen-bond donors (Lipinski definition) is 3. The minimum atomic E-state index is -0.738. The number of hydroxylamine groups is 1. The number of nitrogens with one attached hydrogen (secondary N) is 3. The van der Waals surface area contributed by atoms with Gasteiger partial charge in [-0.05, 0) is 25.7 Å².